The highest BCUT2D eigenvalue weighted by molar-refractivity contribution is 7.22. The lowest BCUT2D eigenvalue weighted by Crippen LogP contribution is -2.33. The molecule has 146 valence electrons. The number of carbonyl (C=O) groups excluding carboxylic acids is 1. The van der Waals surface area contributed by atoms with Crippen molar-refractivity contribution in [2.24, 2.45) is 7.05 Å². The fourth-order valence-corrected chi connectivity index (χ4v) is 3.90. The molecule has 0 aliphatic rings. The first kappa shape index (κ1) is 21.6. The lowest BCUT2D eigenvalue weighted by molar-refractivity contribution is 0.0980. The van der Waals surface area contributed by atoms with Crippen LogP contribution in [-0.2, 0) is 7.05 Å². The van der Waals surface area contributed by atoms with Crippen molar-refractivity contribution < 1.29 is 4.79 Å². The molecular weight excluding hydrogens is 405 g/mol. The molecule has 3 rings (SSSR count). The molecule has 9 heteroatoms. The number of hydrogen-bond donors (Lipinski definition) is 0. The highest BCUT2D eigenvalue weighted by Gasteiger charge is 2.23. The highest BCUT2D eigenvalue weighted by Crippen LogP contribution is 2.34. The maximum Gasteiger partial charge on any atom is 0.280 e. The molecule has 1 aromatic carbocycles. The summed E-state index contributed by atoms with van der Waals surface area (Å²) in [5, 5.41) is 5.62. The van der Waals surface area contributed by atoms with Crippen LogP contribution in [0, 0.1) is 6.92 Å². The Kier molecular flexibility index (Phi) is 7.22. The quantitative estimate of drug-likeness (QED) is 0.595. The minimum absolute atomic E-state index is 0. The van der Waals surface area contributed by atoms with E-state index in [9.17, 15) is 4.79 Å². The third-order valence-corrected chi connectivity index (χ3v) is 5.59. The fraction of sp³-hybridized carbons (Fsp3) is 0.389. The number of amides is 1. The Bertz CT molecular complexity index is 937. The summed E-state index contributed by atoms with van der Waals surface area (Å²) in [6.45, 7) is 3.42. The Morgan fingerprint density at radius 2 is 2.00 bits per heavy atom. The van der Waals surface area contributed by atoms with Gasteiger partial charge in [0.1, 0.15) is 0 Å². The monoisotopic (exact) mass is 427 g/mol. The van der Waals surface area contributed by atoms with Gasteiger partial charge in [-0.2, -0.15) is 5.10 Å². The predicted octanol–water partition coefficient (Wildman–Crippen LogP) is 4.01. The van der Waals surface area contributed by atoms with E-state index in [-0.39, 0.29) is 18.3 Å². The van der Waals surface area contributed by atoms with Crippen LogP contribution < -0.4 is 4.90 Å². The van der Waals surface area contributed by atoms with Gasteiger partial charge in [0.15, 0.2) is 10.8 Å². The molecule has 0 spiro atoms. The molecule has 27 heavy (non-hydrogen) atoms. The first-order valence-corrected chi connectivity index (χ1v) is 9.58. The van der Waals surface area contributed by atoms with Crippen molar-refractivity contribution in [1.29, 1.82) is 0 Å². The van der Waals surface area contributed by atoms with E-state index in [1.54, 1.807) is 28.9 Å². The Balaban J connectivity index is 0.00000261. The highest BCUT2D eigenvalue weighted by atomic mass is 35.5. The van der Waals surface area contributed by atoms with Gasteiger partial charge in [-0.25, -0.2) is 4.98 Å². The zero-order chi connectivity index (χ0) is 18.8. The van der Waals surface area contributed by atoms with Gasteiger partial charge in [-0.1, -0.05) is 22.9 Å². The third-order valence-electron chi connectivity index (χ3n) is 4.13. The van der Waals surface area contributed by atoms with Crippen molar-refractivity contribution in [2.75, 3.05) is 32.1 Å². The normalized spacial score (nSPS) is 11.0. The smallest absolute Gasteiger partial charge is 0.280 e. The van der Waals surface area contributed by atoms with Gasteiger partial charge in [0, 0.05) is 24.8 Å². The van der Waals surface area contributed by atoms with E-state index in [2.05, 4.69) is 10.00 Å². The molecule has 6 nitrogen and oxygen atoms in total. The Morgan fingerprint density at radius 1 is 1.26 bits per heavy atom. The number of halogens is 2. The van der Waals surface area contributed by atoms with Crippen LogP contribution in [0.25, 0.3) is 10.2 Å². The van der Waals surface area contributed by atoms with Crippen molar-refractivity contribution in [3.8, 4) is 0 Å². The van der Waals surface area contributed by atoms with E-state index in [0.29, 0.717) is 22.4 Å². The zero-order valence-corrected chi connectivity index (χ0v) is 18.2. The van der Waals surface area contributed by atoms with Gasteiger partial charge in [-0.3, -0.25) is 14.4 Å². The molecule has 0 radical (unpaired) electrons. The van der Waals surface area contributed by atoms with E-state index < -0.39 is 0 Å². The first-order chi connectivity index (χ1) is 12.4. The Hall–Kier alpha value is -1.67. The number of aromatic nitrogens is 3. The summed E-state index contributed by atoms with van der Waals surface area (Å²) in [6.07, 6.45) is 2.62. The summed E-state index contributed by atoms with van der Waals surface area (Å²) in [5.74, 6) is -0.132. The maximum atomic E-state index is 13.0. The molecule has 0 bridgehead atoms. The van der Waals surface area contributed by atoms with E-state index >= 15 is 0 Å². The molecule has 0 aliphatic carbocycles. The van der Waals surface area contributed by atoms with E-state index in [1.807, 2.05) is 33.2 Å². The van der Waals surface area contributed by atoms with Gasteiger partial charge >= 0.3 is 0 Å². The molecule has 0 aliphatic heterocycles. The second-order valence-corrected chi connectivity index (χ2v) is 7.92. The molecule has 2 heterocycles. The topological polar surface area (TPSA) is 54.3 Å². The van der Waals surface area contributed by atoms with Crippen molar-refractivity contribution in [2.45, 2.75) is 13.3 Å². The molecule has 3 aromatic rings. The minimum atomic E-state index is -0.132. The average molecular weight is 428 g/mol. The number of benzene rings is 1. The fourth-order valence-electron chi connectivity index (χ4n) is 2.70. The minimum Gasteiger partial charge on any atom is -0.309 e. The molecule has 0 fully saturated rings. The summed E-state index contributed by atoms with van der Waals surface area (Å²) in [7, 11) is 5.85. The number of fused-ring (bicyclic) bond motifs is 1. The van der Waals surface area contributed by atoms with Crippen LogP contribution >= 0.6 is 35.3 Å². The van der Waals surface area contributed by atoms with Crippen LogP contribution in [0.2, 0.25) is 5.02 Å². The number of nitrogens with zero attached hydrogens (tertiary/aromatic N) is 5. The number of rotatable bonds is 6. The van der Waals surface area contributed by atoms with Crippen LogP contribution in [0.1, 0.15) is 22.5 Å². The van der Waals surface area contributed by atoms with E-state index in [1.165, 1.54) is 11.3 Å². The lowest BCUT2D eigenvalue weighted by Gasteiger charge is -2.20. The van der Waals surface area contributed by atoms with E-state index in [0.717, 1.165) is 28.7 Å². The van der Waals surface area contributed by atoms with Crippen LogP contribution in [-0.4, -0.2) is 52.8 Å². The number of anilines is 1. The molecule has 0 unspecified atom stereocenters. The average Bonchev–Trinajstić information content (AvgIpc) is 3.21. The van der Waals surface area contributed by atoms with Gasteiger partial charge in [0.25, 0.3) is 5.91 Å². The van der Waals surface area contributed by atoms with Gasteiger partial charge in [0.2, 0.25) is 0 Å². The SMILES string of the molecule is Cc1c(Cl)ccc2sc(N(CCCN(C)C)C(=O)c3ccn(C)n3)nc12.Cl. The number of aryl methyl sites for hydroxylation is 2. The molecule has 0 N–H and O–H groups in total. The zero-order valence-electron chi connectivity index (χ0n) is 15.8. The summed E-state index contributed by atoms with van der Waals surface area (Å²) in [5.41, 5.74) is 2.21. The van der Waals surface area contributed by atoms with Crippen LogP contribution in [0.5, 0.6) is 0 Å². The molecule has 0 saturated heterocycles. The number of hydrogen-bond acceptors (Lipinski definition) is 5. The van der Waals surface area contributed by atoms with Crippen molar-refractivity contribution in [3.05, 3.63) is 40.7 Å². The molecule has 1 amide bonds. The maximum absolute atomic E-state index is 13.0. The molecule has 2 aromatic heterocycles. The van der Waals surface area contributed by atoms with Crippen molar-refractivity contribution in [3.63, 3.8) is 0 Å². The second-order valence-electron chi connectivity index (χ2n) is 6.50. The van der Waals surface area contributed by atoms with Gasteiger partial charge in [0.05, 0.1) is 10.2 Å². The molecular formula is C18H23Cl2N5OS. The summed E-state index contributed by atoms with van der Waals surface area (Å²) in [4.78, 5) is 21.6. The summed E-state index contributed by atoms with van der Waals surface area (Å²) < 4.78 is 2.65. The van der Waals surface area contributed by atoms with Crippen LogP contribution in [0.4, 0.5) is 5.13 Å². The van der Waals surface area contributed by atoms with Crippen molar-refractivity contribution in [1.82, 2.24) is 19.7 Å². The Labute approximate surface area is 174 Å². The Morgan fingerprint density at radius 3 is 2.63 bits per heavy atom. The number of thiazole rings is 1. The van der Waals surface area contributed by atoms with Crippen LogP contribution in [0.3, 0.4) is 0 Å². The van der Waals surface area contributed by atoms with Gasteiger partial charge in [-0.15, -0.1) is 12.4 Å². The molecule has 0 atom stereocenters. The summed E-state index contributed by atoms with van der Waals surface area (Å²) in [6, 6.07) is 5.56. The van der Waals surface area contributed by atoms with Crippen molar-refractivity contribution >= 4 is 56.6 Å². The van der Waals surface area contributed by atoms with Gasteiger partial charge < -0.3 is 4.90 Å². The standard InChI is InChI=1S/C18H22ClN5OS.ClH/c1-12-13(19)6-7-15-16(12)20-18(26-15)24(10-5-9-22(2)3)17(25)14-8-11-23(4)21-14;/h6-8,11H,5,9-10H2,1-4H3;1H. The third kappa shape index (κ3) is 4.79. The second kappa shape index (κ2) is 9.01. The largest absolute Gasteiger partial charge is 0.309 e. The van der Waals surface area contributed by atoms with E-state index in [4.69, 9.17) is 16.6 Å². The van der Waals surface area contributed by atoms with Gasteiger partial charge in [-0.05, 0) is 57.7 Å². The first-order valence-electron chi connectivity index (χ1n) is 8.38. The molecule has 0 saturated carbocycles. The lowest BCUT2D eigenvalue weighted by atomic mass is 10.2. The number of carbonyl (C=O) groups is 1. The summed E-state index contributed by atoms with van der Waals surface area (Å²) >= 11 is 7.73. The predicted molar refractivity (Wildman–Crippen MR) is 115 cm³/mol. The van der Waals surface area contributed by atoms with Crippen LogP contribution in [0.15, 0.2) is 24.4 Å².